The van der Waals surface area contributed by atoms with Crippen LogP contribution in [0.15, 0.2) is 53.9 Å². The second kappa shape index (κ2) is 9.93. The van der Waals surface area contributed by atoms with Crippen molar-refractivity contribution >= 4 is 23.2 Å². The minimum absolute atomic E-state index is 0.0356. The summed E-state index contributed by atoms with van der Waals surface area (Å²) in [5.74, 6) is -1.05. The number of unbranched alkanes of at least 4 members (excludes halogenated alkanes) is 1. The lowest BCUT2D eigenvalue weighted by atomic mass is 10.1. The maximum atomic E-state index is 13.0. The summed E-state index contributed by atoms with van der Waals surface area (Å²) in [6, 6.07) is 13.4. The van der Waals surface area contributed by atoms with Crippen molar-refractivity contribution < 1.29 is 14.0 Å². The van der Waals surface area contributed by atoms with E-state index in [0.29, 0.717) is 16.3 Å². The molecule has 0 radical (unpaired) electrons. The van der Waals surface area contributed by atoms with E-state index in [1.54, 1.807) is 29.6 Å². The van der Waals surface area contributed by atoms with Crippen LogP contribution in [0.4, 0.5) is 4.39 Å². The van der Waals surface area contributed by atoms with Gasteiger partial charge in [-0.25, -0.2) is 9.37 Å². The Morgan fingerprint density at radius 1 is 1.03 bits per heavy atom. The Kier molecular flexibility index (Phi) is 7.08. The van der Waals surface area contributed by atoms with Crippen molar-refractivity contribution in [1.29, 1.82) is 0 Å². The molecule has 0 aliphatic carbocycles. The number of hydrazine groups is 1. The van der Waals surface area contributed by atoms with Gasteiger partial charge in [-0.05, 0) is 54.8 Å². The number of aryl methyl sites for hydroxylation is 1. The van der Waals surface area contributed by atoms with E-state index < -0.39 is 0 Å². The highest BCUT2D eigenvalue weighted by molar-refractivity contribution is 7.13. The molecule has 3 aromatic rings. The number of hydrogen-bond acceptors (Lipinski definition) is 4. The Balaban J connectivity index is 1.49. The normalized spacial score (nSPS) is 10.6. The molecule has 7 heteroatoms. The summed E-state index contributed by atoms with van der Waals surface area (Å²) < 4.78 is 13.0. The highest BCUT2D eigenvalue weighted by Crippen LogP contribution is 2.24. The average molecular weight is 412 g/mol. The van der Waals surface area contributed by atoms with Gasteiger partial charge in [0, 0.05) is 16.5 Å². The lowest BCUT2D eigenvalue weighted by Crippen LogP contribution is -2.42. The maximum absolute atomic E-state index is 13.0. The van der Waals surface area contributed by atoms with Gasteiger partial charge in [-0.1, -0.05) is 25.5 Å². The number of benzene rings is 2. The van der Waals surface area contributed by atoms with Crippen molar-refractivity contribution in [3.63, 3.8) is 0 Å². The van der Waals surface area contributed by atoms with Crippen LogP contribution in [0.25, 0.3) is 10.6 Å². The van der Waals surface area contributed by atoms with Crippen LogP contribution in [0.3, 0.4) is 0 Å². The third-order valence-electron chi connectivity index (χ3n) is 4.34. The minimum atomic E-state index is -0.370. The molecule has 2 N–H and O–H groups in total. The number of carbonyl (C=O) groups excluding carboxylic acids is 2. The second-order valence-electron chi connectivity index (χ2n) is 6.63. The third kappa shape index (κ3) is 5.96. The number of hydrogen-bond donors (Lipinski definition) is 2. The molecule has 0 saturated carbocycles. The molecule has 0 atom stereocenters. The number of thiazole rings is 1. The van der Waals surface area contributed by atoms with Crippen LogP contribution in [0.5, 0.6) is 0 Å². The van der Waals surface area contributed by atoms with Gasteiger partial charge in [-0.15, -0.1) is 11.3 Å². The molecule has 2 amide bonds. The summed E-state index contributed by atoms with van der Waals surface area (Å²) in [5, 5.41) is 2.48. The molecule has 3 rings (SSSR count). The van der Waals surface area contributed by atoms with Crippen LogP contribution in [-0.4, -0.2) is 16.8 Å². The van der Waals surface area contributed by atoms with Crippen LogP contribution < -0.4 is 10.9 Å². The predicted molar refractivity (Wildman–Crippen MR) is 112 cm³/mol. The van der Waals surface area contributed by atoms with E-state index in [2.05, 4.69) is 22.8 Å². The quantitative estimate of drug-likeness (QED) is 0.570. The van der Waals surface area contributed by atoms with Crippen LogP contribution in [-0.2, 0) is 17.6 Å². The first-order valence-corrected chi connectivity index (χ1v) is 10.3. The lowest BCUT2D eigenvalue weighted by molar-refractivity contribution is -0.121. The van der Waals surface area contributed by atoms with Gasteiger partial charge >= 0.3 is 0 Å². The van der Waals surface area contributed by atoms with Crippen molar-refractivity contribution in [2.24, 2.45) is 0 Å². The molecular weight excluding hydrogens is 389 g/mol. The number of amides is 2. The number of halogens is 1. The molecule has 1 aromatic heterocycles. The van der Waals surface area contributed by atoms with E-state index in [9.17, 15) is 14.0 Å². The first-order valence-electron chi connectivity index (χ1n) is 9.43. The molecule has 0 bridgehead atoms. The lowest BCUT2D eigenvalue weighted by Gasteiger charge is -2.07. The number of nitrogens with zero attached hydrogens (tertiary/aromatic N) is 1. The molecule has 29 heavy (non-hydrogen) atoms. The minimum Gasteiger partial charge on any atom is -0.273 e. The Morgan fingerprint density at radius 2 is 1.76 bits per heavy atom. The van der Waals surface area contributed by atoms with Crippen molar-refractivity contribution in [3.8, 4) is 10.6 Å². The fraction of sp³-hybridized carbons (Fsp3) is 0.227. The average Bonchev–Trinajstić information content (AvgIpc) is 3.19. The molecular formula is C22H22FN3O2S. The van der Waals surface area contributed by atoms with Crippen molar-refractivity contribution in [2.45, 2.75) is 32.6 Å². The number of nitrogens with one attached hydrogen (secondary N) is 2. The van der Waals surface area contributed by atoms with Gasteiger partial charge in [0.2, 0.25) is 5.91 Å². The summed E-state index contributed by atoms with van der Waals surface area (Å²) in [6.45, 7) is 2.14. The van der Waals surface area contributed by atoms with Gasteiger partial charge in [0.25, 0.3) is 5.91 Å². The van der Waals surface area contributed by atoms with Crippen LogP contribution >= 0.6 is 11.3 Å². The Bertz CT molecular complexity index is 968. The molecule has 0 spiro atoms. The first-order chi connectivity index (χ1) is 14.0. The largest absolute Gasteiger partial charge is 0.273 e. The van der Waals surface area contributed by atoms with Crippen molar-refractivity contribution in [2.75, 3.05) is 0 Å². The Hall–Kier alpha value is -3.06. The van der Waals surface area contributed by atoms with E-state index in [1.165, 1.54) is 29.0 Å². The third-order valence-corrected chi connectivity index (χ3v) is 5.28. The van der Waals surface area contributed by atoms with Gasteiger partial charge in [-0.2, -0.15) is 0 Å². The zero-order chi connectivity index (χ0) is 20.6. The molecule has 0 aliphatic rings. The summed E-state index contributed by atoms with van der Waals surface area (Å²) in [4.78, 5) is 28.7. The number of aromatic nitrogens is 1. The maximum Gasteiger partial charge on any atom is 0.269 e. The summed E-state index contributed by atoms with van der Waals surface area (Å²) >= 11 is 1.38. The van der Waals surface area contributed by atoms with E-state index in [1.807, 2.05) is 12.1 Å². The molecule has 150 valence electrons. The summed E-state index contributed by atoms with van der Waals surface area (Å²) in [6.07, 6.45) is 3.26. The van der Waals surface area contributed by atoms with Crippen LogP contribution in [0.1, 0.15) is 41.4 Å². The standard InChI is InChI=1S/C22H22FN3O2S/c1-2-3-4-15-5-7-16(8-6-15)21(28)26-25-20(27)13-19-14-29-22(24-19)17-9-11-18(23)12-10-17/h5-12,14H,2-4,13H2,1H3,(H,25,27)(H,26,28). The van der Waals surface area contributed by atoms with Gasteiger partial charge in [-0.3, -0.25) is 20.4 Å². The number of rotatable bonds is 7. The molecule has 0 fully saturated rings. The smallest absolute Gasteiger partial charge is 0.269 e. The SMILES string of the molecule is CCCCc1ccc(C(=O)NNC(=O)Cc2csc(-c3ccc(F)cc3)n2)cc1. The fourth-order valence-corrected chi connectivity index (χ4v) is 3.55. The first kappa shape index (κ1) is 20.7. The van der Waals surface area contributed by atoms with Gasteiger partial charge in [0.05, 0.1) is 12.1 Å². The topological polar surface area (TPSA) is 71.1 Å². The predicted octanol–water partition coefficient (Wildman–Crippen LogP) is 4.30. The molecule has 0 aliphatic heterocycles. The molecule has 5 nitrogen and oxygen atoms in total. The zero-order valence-electron chi connectivity index (χ0n) is 16.1. The van der Waals surface area contributed by atoms with Gasteiger partial charge in [0.1, 0.15) is 10.8 Å². The van der Waals surface area contributed by atoms with E-state index in [4.69, 9.17) is 0 Å². The summed E-state index contributed by atoms with van der Waals surface area (Å²) in [7, 11) is 0. The summed E-state index contributed by atoms with van der Waals surface area (Å²) in [5.41, 5.74) is 7.88. The number of carbonyl (C=O) groups is 2. The zero-order valence-corrected chi connectivity index (χ0v) is 16.9. The second-order valence-corrected chi connectivity index (χ2v) is 7.49. The highest BCUT2D eigenvalue weighted by atomic mass is 32.1. The van der Waals surface area contributed by atoms with E-state index in [0.717, 1.165) is 24.8 Å². The van der Waals surface area contributed by atoms with Gasteiger partial charge < -0.3 is 0 Å². The fourth-order valence-electron chi connectivity index (χ4n) is 2.72. The monoisotopic (exact) mass is 411 g/mol. The Labute approximate surface area is 173 Å². The molecule has 1 heterocycles. The van der Waals surface area contributed by atoms with Crippen molar-refractivity contribution in [1.82, 2.24) is 15.8 Å². The molecule has 0 unspecified atom stereocenters. The van der Waals surface area contributed by atoms with Crippen molar-refractivity contribution in [3.05, 3.63) is 76.5 Å². The van der Waals surface area contributed by atoms with E-state index in [-0.39, 0.29) is 24.1 Å². The van der Waals surface area contributed by atoms with Gasteiger partial charge in [0.15, 0.2) is 0 Å². The van der Waals surface area contributed by atoms with Crippen LogP contribution in [0.2, 0.25) is 0 Å². The highest BCUT2D eigenvalue weighted by Gasteiger charge is 2.11. The molecule has 2 aromatic carbocycles. The van der Waals surface area contributed by atoms with Crippen LogP contribution in [0, 0.1) is 5.82 Å². The molecule has 0 saturated heterocycles. The Morgan fingerprint density at radius 3 is 2.45 bits per heavy atom. The van der Waals surface area contributed by atoms with E-state index >= 15 is 0 Å².